The van der Waals surface area contributed by atoms with Crippen molar-refractivity contribution in [2.75, 3.05) is 20.1 Å². The molecule has 6 heteroatoms. The van der Waals surface area contributed by atoms with E-state index in [-0.39, 0.29) is 17.5 Å². The molecule has 1 unspecified atom stereocenters. The summed E-state index contributed by atoms with van der Waals surface area (Å²) in [4.78, 5) is 21.3. The first-order valence-corrected chi connectivity index (χ1v) is 10.1. The molecule has 0 bridgehead atoms. The Morgan fingerprint density at radius 2 is 2.07 bits per heavy atom. The van der Waals surface area contributed by atoms with Gasteiger partial charge in [0, 0.05) is 38.8 Å². The predicted molar refractivity (Wildman–Crippen MR) is 112 cm³/mol. The van der Waals surface area contributed by atoms with Crippen molar-refractivity contribution in [3.8, 4) is 0 Å². The molecule has 1 aromatic heterocycles. The zero-order chi connectivity index (χ0) is 20.5. The average molecular weight is 394 g/mol. The number of hydrogen-bond donors (Lipinski definition) is 0. The number of benzene rings is 2. The van der Waals surface area contributed by atoms with Crippen molar-refractivity contribution in [2.45, 2.75) is 38.9 Å². The van der Waals surface area contributed by atoms with Crippen LogP contribution < -0.4 is 0 Å². The van der Waals surface area contributed by atoms with E-state index in [0.29, 0.717) is 12.6 Å². The second-order valence-electron chi connectivity index (χ2n) is 8.12. The summed E-state index contributed by atoms with van der Waals surface area (Å²) >= 11 is 0. The van der Waals surface area contributed by atoms with Crippen molar-refractivity contribution >= 4 is 16.9 Å². The third-order valence-electron chi connectivity index (χ3n) is 5.94. The highest BCUT2D eigenvalue weighted by molar-refractivity contribution is 5.94. The second kappa shape index (κ2) is 7.95. The third-order valence-corrected chi connectivity index (χ3v) is 5.94. The molecule has 1 fully saturated rings. The molecule has 5 nitrogen and oxygen atoms in total. The summed E-state index contributed by atoms with van der Waals surface area (Å²) in [7, 11) is 1.78. The fourth-order valence-corrected chi connectivity index (χ4v) is 4.07. The first-order valence-electron chi connectivity index (χ1n) is 10.1. The molecule has 0 radical (unpaired) electrons. The van der Waals surface area contributed by atoms with Gasteiger partial charge in [0.15, 0.2) is 0 Å². The normalized spacial score (nSPS) is 17.3. The molecule has 1 aliphatic rings. The van der Waals surface area contributed by atoms with Gasteiger partial charge < -0.3 is 9.47 Å². The number of halogens is 1. The molecule has 152 valence electrons. The summed E-state index contributed by atoms with van der Waals surface area (Å²) in [5, 5.41) is 0. The van der Waals surface area contributed by atoms with E-state index in [0.717, 1.165) is 36.1 Å². The topological polar surface area (TPSA) is 41.4 Å². The van der Waals surface area contributed by atoms with Crippen molar-refractivity contribution in [3.63, 3.8) is 0 Å². The van der Waals surface area contributed by atoms with E-state index in [4.69, 9.17) is 0 Å². The van der Waals surface area contributed by atoms with Crippen LogP contribution in [0.5, 0.6) is 0 Å². The number of aromatic nitrogens is 2. The number of fused-ring (bicyclic) bond motifs is 1. The molecule has 0 spiro atoms. The molecule has 1 saturated heterocycles. The van der Waals surface area contributed by atoms with E-state index in [9.17, 15) is 9.18 Å². The fraction of sp³-hybridized carbons (Fsp3) is 0.391. The number of carbonyl (C=O) groups is 1. The highest BCUT2D eigenvalue weighted by atomic mass is 19.1. The van der Waals surface area contributed by atoms with Crippen LogP contribution in [0.4, 0.5) is 4.39 Å². The number of amides is 1. The van der Waals surface area contributed by atoms with Crippen LogP contribution in [-0.4, -0.2) is 57.5 Å². The van der Waals surface area contributed by atoms with Gasteiger partial charge >= 0.3 is 0 Å². The maximum atomic E-state index is 14.8. The van der Waals surface area contributed by atoms with E-state index >= 15 is 0 Å². The number of carbonyl (C=O) groups excluding carboxylic acids is 1. The van der Waals surface area contributed by atoms with Crippen LogP contribution in [-0.2, 0) is 6.54 Å². The lowest BCUT2D eigenvalue weighted by atomic mass is 10.1. The molecular weight excluding hydrogens is 367 g/mol. The van der Waals surface area contributed by atoms with Gasteiger partial charge in [0.05, 0.1) is 22.9 Å². The lowest BCUT2D eigenvalue weighted by Gasteiger charge is -2.26. The van der Waals surface area contributed by atoms with Crippen molar-refractivity contribution in [1.82, 2.24) is 19.4 Å². The molecule has 2 heterocycles. The second-order valence-corrected chi connectivity index (χ2v) is 8.12. The van der Waals surface area contributed by atoms with Crippen LogP contribution in [0.2, 0.25) is 0 Å². The predicted octanol–water partition coefficient (Wildman–Crippen LogP) is 3.78. The summed E-state index contributed by atoms with van der Waals surface area (Å²) < 4.78 is 16.8. The van der Waals surface area contributed by atoms with E-state index in [1.54, 1.807) is 24.3 Å². The van der Waals surface area contributed by atoms with Gasteiger partial charge in [0.1, 0.15) is 5.82 Å². The van der Waals surface area contributed by atoms with Gasteiger partial charge in [-0.2, -0.15) is 0 Å². The molecule has 1 atom stereocenters. The first kappa shape index (κ1) is 19.6. The van der Waals surface area contributed by atoms with Crippen LogP contribution in [0.3, 0.4) is 0 Å². The minimum atomic E-state index is -0.470. The Morgan fingerprint density at radius 1 is 1.28 bits per heavy atom. The molecule has 0 saturated carbocycles. The molecule has 3 aromatic rings. The van der Waals surface area contributed by atoms with Crippen LogP contribution in [0.25, 0.3) is 11.0 Å². The number of para-hydroxylation sites is 2. The van der Waals surface area contributed by atoms with Gasteiger partial charge in [-0.05, 0) is 50.1 Å². The zero-order valence-electron chi connectivity index (χ0n) is 17.2. The van der Waals surface area contributed by atoms with Gasteiger partial charge in [0.2, 0.25) is 0 Å². The Hall–Kier alpha value is -2.73. The number of rotatable bonds is 5. The van der Waals surface area contributed by atoms with Crippen molar-refractivity contribution in [1.29, 1.82) is 0 Å². The van der Waals surface area contributed by atoms with Crippen LogP contribution in [0.15, 0.2) is 48.8 Å². The summed E-state index contributed by atoms with van der Waals surface area (Å²) in [5.41, 5.74) is 2.85. The van der Waals surface area contributed by atoms with Crippen molar-refractivity contribution in [2.24, 2.45) is 0 Å². The molecular formula is C23H27FN4O. The largest absolute Gasteiger partial charge is 0.337 e. The van der Waals surface area contributed by atoms with E-state index in [2.05, 4.69) is 23.7 Å². The Balaban J connectivity index is 1.49. The summed E-state index contributed by atoms with van der Waals surface area (Å²) in [6.07, 6.45) is 2.68. The molecule has 1 amide bonds. The van der Waals surface area contributed by atoms with Crippen LogP contribution >= 0.6 is 0 Å². The molecule has 29 heavy (non-hydrogen) atoms. The Bertz CT molecular complexity index is 1030. The average Bonchev–Trinajstić information content (AvgIpc) is 3.35. The summed E-state index contributed by atoms with van der Waals surface area (Å²) in [5.74, 6) is -0.722. The minimum Gasteiger partial charge on any atom is -0.337 e. The maximum Gasteiger partial charge on any atom is 0.256 e. The van der Waals surface area contributed by atoms with Crippen molar-refractivity contribution in [3.05, 3.63) is 65.7 Å². The monoisotopic (exact) mass is 394 g/mol. The van der Waals surface area contributed by atoms with Gasteiger partial charge in [-0.15, -0.1) is 0 Å². The lowest BCUT2D eigenvalue weighted by Crippen LogP contribution is -2.40. The van der Waals surface area contributed by atoms with E-state index in [1.807, 2.05) is 34.9 Å². The van der Waals surface area contributed by atoms with Gasteiger partial charge in [0.25, 0.3) is 5.91 Å². The van der Waals surface area contributed by atoms with Crippen LogP contribution in [0, 0.1) is 5.82 Å². The van der Waals surface area contributed by atoms with Crippen LogP contribution in [0.1, 0.15) is 36.2 Å². The van der Waals surface area contributed by atoms with Gasteiger partial charge in [-0.1, -0.05) is 18.2 Å². The molecule has 2 aromatic carbocycles. The Kier molecular flexibility index (Phi) is 5.37. The highest BCUT2D eigenvalue weighted by Crippen LogP contribution is 2.21. The molecule has 0 aliphatic carbocycles. The number of imidazole rings is 1. The maximum absolute atomic E-state index is 14.8. The SMILES string of the molecule is CC(C)N1CCC(N(C)C(=O)c2ccc(Cn3cnc4ccccc43)cc2F)C1. The fourth-order valence-electron chi connectivity index (χ4n) is 4.07. The molecule has 0 N–H and O–H groups in total. The standard InChI is InChI=1S/C23H27FN4O/c1-16(2)27-11-10-18(14-27)26(3)23(29)19-9-8-17(12-20(19)24)13-28-15-25-21-6-4-5-7-22(21)28/h4-9,12,15-16,18H,10-11,13-14H2,1-3H3. The number of hydrogen-bond acceptors (Lipinski definition) is 3. The van der Waals surface area contributed by atoms with Gasteiger partial charge in [-0.3, -0.25) is 9.69 Å². The quantitative estimate of drug-likeness (QED) is 0.661. The van der Waals surface area contributed by atoms with E-state index in [1.165, 1.54) is 6.07 Å². The molecule has 1 aliphatic heterocycles. The Morgan fingerprint density at radius 3 is 2.79 bits per heavy atom. The molecule has 4 rings (SSSR count). The van der Waals surface area contributed by atoms with Crippen molar-refractivity contribution < 1.29 is 9.18 Å². The number of nitrogens with zero attached hydrogens (tertiary/aromatic N) is 4. The lowest BCUT2D eigenvalue weighted by molar-refractivity contribution is 0.0727. The number of likely N-dealkylation sites (N-methyl/N-ethyl adjacent to an activating group) is 1. The Labute approximate surface area is 170 Å². The summed E-state index contributed by atoms with van der Waals surface area (Å²) in [6, 6.07) is 13.3. The zero-order valence-corrected chi connectivity index (χ0v) is 17.2. The highest BCUT2D eigenvalue weighted by Gasteiger charge is 2.30. The van der Waals surface area contributed by atoms with Gasteiger partial charge in [-0.25, -0.2) is 9.37 Å². The number of likely N-dealkylation sites (tertiary alicyclic amines) is 1. The summed E-state index contributed by atoms with van der Waals surface area (Å²) in [6.45, 7) is 6.64. The first-order chi connectivity index (χ1) is 13.9. The van der Waals surface area contributed by atoms with E-state index < -0.39 is 5.82 Å². The minimum absolute atomic E-state index is 0.126. The smallest absolute Gasteiger partial charge is 0.256 e. The third kappa shape index (κ3) is 3.90.